The predicted molar refractivity (Wildman–Crippen MR) is 119 cm³/mol. The summed E-state index contributed by atoms with van der Waals surface area (Å²) in [6.07, 6.45) is 6.63. The Hall–Kier alpha value is -2.96. The van der Waals surface area contributed by atoms with Gasteiger partial charge in [0.05, 0.1) is 12.8 Å². The minimum absolute atomic E-state index is 0.0138. The summed E-state index contributed by atoms with van der Waals surface area (Å²) < 4.78 is 11.9. The number of para-hydroxylation sites is 1. The first-order valence-corrected chi connectivity index (χ1v) is 11.7. The van der Waals surface area contributed by atoms with Gasteiger partial charge in [-0.3, -0.25) is 4.79 Å². The van der Waals surface area contributed by atoms with Crippen LogP contribution < -0.4 is 10.1 Å². The third-order valence-corrected chi connectivity index (χ3v) is 7.10. The van der Waals surface area contributed by atoms with Crippen molar-refractivity contribution in [3.8, 4) is 5.75 Å². The average Bonchev–Trinajstić information content (AvgIpc) is 3.52. The van der Waals surface area contributed by atoms with Gasteiger partial charge in [0.15, 0.2) is 0 Å². The van der Waals surface area contributed by atoms with Crippen molar-refractivity contribution in [1.82, 2.24) is 15.1 Å². The van der Waals surface area contributed by atoms with Crippen LogP contribution in [0.1, 0.15) is 55.8 Å². The zero-order valence-corrected chi connectivity index (χ0v) is 18.4. The maximum atomic E-state index is 12.8. The third-order valence-electron chi connectivity index (χ3n) is 7.10. The quantitative estimate of drug-likeness (QED) is 0.787. The van der Waals surface area contributed by atoms with Crippen molar-refractivity contribution >= 4 is 11.9 Å². The molecule has 1 aromatic heterocycles. The normalized spacial score (nSPS) is 21.8. The van der Waals surface area contributed by atoms with E-state index in [-0.39, 0.29) is 23.5 Å². The molecule has 32 heavy (non-hydrogen) atoms. The molecule has 1 atom stereocenters. The van der Waals surface area contributed by atoms with E-state index in [1.165, 1.54) is 0 Å². The SMILES string of the molecule is O=C(CC1CC2(CCN(C(=O)N3CCCC3)CC2)Oc2ccccc21)NCc1ccco1. The second kappa shape index (κ2) is 8.88. The van der Waals surface area contributed by atoms with E-state index in [0.29, 0.717) is 26.1 Å². The first kappa shape index (κ1) is 20.9. The Morgan fingerprint density at radius 3 is 2.50 bits per heavy atom. The molecule has 170 valence electrons. The fraction of sp³-hybridized carbons (Fsp3) is 0.520. The van der Waals surface area contributed by atoms with Crippen LogP contribution in [0.25, 0.3) is 0 Å². The summed E-state index contributed by atoms with van der Waals surface area (Å²) in [5.41, 5.74) is 0.782. The number of amides is 3. The molecule has 1 spiro atoms. The lowest BCUT2D eigenvalue weighted by Crippen LogP contribution is -2.54. The standard InChI is InChI=1S/C25H31N3O4/c29-23(26-18-20-6-5-15-31-20)16-19-17-25(32-22-8-2-1-7-21(19)22)9-13-28(14-10-25)24(30)27-11-3-4-12-27/h1-2,5-8,15,19H,3-4,9-14,16-18H2,(H,26,29). The van der Waals surface area contributed by atoms with Crippen molar-refractivity contribution in [1.29, 1.82) is 0 Å². The number of nitrogens with zero attached hydrogens (tertiary/aromatic N) is 2. The van der Waals surface area contributed by atoms with Gasteiger partial charge >= 0.3 is 6.03 Å². The second-order valence-corrected chi connectivity index (χ2v) is 9.25. The van der Waals surface area contributed by atoms with Crippen LogP contribution in [-0.4, -0.2) is 53.5 Å². The molecule has 0 aliphatic carbocycles. The van der Waals surface area contributed by atoms with Crippen LogP contribution in [0, 0.1) is 0 Å². The van der Waals surface area contributed by atoms with Crippen LogP contribution in [0.4, 0.5) is 4.79 Å². The topological polar surface area (TPSA) is 75.0 Å². The Bertz CT molecular complexity index is 944. The minimum Gasteiger partial charge on any atom is -0.487 e. The van der Waals surface area contributed by atoms with Crippen LogP contribution in [0.5, 0.6) is 5.75 Å². The molecule has 2 aromatic rings. The maximum Gasteiger partial charge on any atom is 0.320 e. The summed E-state index contributed by atoms with van der Waals surface area (Å²) >= 11 is 0. The van der Waals surface area contributed by atoms with Crippen molar-refractivity contribution in [3.05, 3.63) is 54.0 Å². The zero-order valence-electron chi connectivity index (χ0n) is 18.4. The van der Waals surface area contributed by atoms with Crippen molar-refractivity contribution in [2.45, 2.75) is 56.6 Å². The van der Waals surface area contributed by atoms with Gasteiger partial charge in [0.2, 0.25) is 5.91 Å². The number of ether oxygens (including phenoxy) is 1. The number of furan rings is 1. The predicted octanol–water partition coefficient (Wildman–Crippen LogP) is 3.90. The van der Waals surface area contributed by atoms with E-state index >= 15 is 0 Å². The minimum atomic E-state index is -0.317. The molecule has 0 saturated carbocycles. The van der Waals surface area contributed by atoms with Crippen molar-refractivity contribution in [2.75, 3.05) is 26.2 Å². The number of hydrogen-bond donors (Lipinski definition) is 1. The number of nitrogens with one attached hydrogen (secondary N) is 1. The summed E-state index contributed by atoms with van der Waals surface area (Å²) in [5, 5.41) is 2.98. The first-order valence-electron chi connectivity index (χ1n) is 11.7. The lowest BCUT2D eigenvalue weighted by Gasteiger charge is -2.47. The summed E-state index contributed by atoms with van der Waals surface area (Å²) in [5.74, 6) is 1.73. The fourth-order valence-corrected chi connectivity index (χ4v) is 5.34. The van der Waals surface area contributed by atoms with Crippen LogP contribution in [-0.2, 0) is 11.3 Å². The Balaban J connectivity index is 1.25. The van der Waals surface area contributed by atoms with E-state index in [1.807, 2.05) is 40.1 Å². The lowest BCUT2D eigenvalue weighted by molar-refractivity contribution is -0.122. The molecule has 5 rings (SSSR count). The van der Waals surface area contributed by atoms with Gasteiger partial charge in [-0.15, -0.1) is 0 Å². The van der Waals surface area contributed by atoms with E-state index in [9.17, 15) is 9.59 Å². The molecule has 4 heterocycles. The molecule has 2 saturated heterocycles. The molecule has 1 aromatic carbocycles. The Morgan fingerprint density at radius 1 is 1.00 bits per heavy atom. The number of urea groups is 1. The largest absolute Gasteiger partial charge is 0.487 e. The van der Waals surface area contributed by atoms with E-state index in [4.69, 9.17) is 9.15 Å². The summed E-state index contributed by atoms with van der Waals surface area (Å²) in [4.78, 5) is 29.5. The van der Waals surface area contributed by atoms with Crippen LogP contribution >= 0.6 is 0 Å². The van der Waals surface area contributed by atoms with Crippen LogP contribution in [0.15, 0.2) is 47.1 Å². The van der Waals surface area contributed by atoms with Crippen LogP contribution in [0.3, 0.4) is 0 Å². The van der Waals surface area contributed by atoms with Crippen molar-refractivity contribution in [3.63, 3.8) is 0 Å². The smallest absolute Gasteiger partial charge is 0.320 e. The molecule has 0 bridgehead atoms. The number of fused-ring (bicyclic) bond motifs is 1. The highest BCUT2D eigenvalue weighted by Gasteiger charge is 2.44. The van der Waals surface area contributed by atoms with Gasteiger partial charge in [-0.2, -0.15) is 0 Å². The van der Waals surface area contributed by atoms with Gasteiger partial charge in [0.25, 0.3) is 0 Å². The summed E-state index contributed by atoms with van der Waals surface area (Å²) in [7, 11) is 0. The Kier molecular flexibility index (Phi) is 5.81. The molecule has 3 aliphatic heterocycles. The molecule has 2 fully saturated rings. The highest BCUT2D eigenvalue weighted by atomic mass is 16.5. The maximum absolute atomic E-state index is 12.8. The van der Waals surface area contributed by atoms with Crippen molar-refractivity contribution < 1.29 is 18.7 Å². The van der Waals surface area contributed by atoms with E-state index < -0.39 is 0 Å². The number of rotatable bonds is 4. The van der Waals surface area contributed by atoms with Gasteiger partial charge in [0.1, 0.15) is 17.1 Å². The summed E-state index contributed by atoms with van der Waals surface area (Å²) in [6, 6.07) is 11.9. The second-order valence-electron chi connectivity index (χ2n) is 9.25. The molecular weight excluding hydrogens is 406 g/mol. The molecule has 1 N–H and O–H groups in total. The van der Waals surface area contributed by atoms with E-state index in [0.717, 1.165) is 62.3 Å². The first-order chi connectivity index (χ1) is 15.6. The fourth-order valence-electron chi connectivity index (χ4n) is 5.34. The number of piperidine rings is 1. The number of hydrogen-bond acceptors (Lipinski definition) is 4. The van der Waals surface area contributed by atoms with E-state index in [2.05, 4.69) is 11.4 Å². The number of carbonyl (C=O) groups excluding carboxylic acids is 2. The van der Waals surface area contributed by atoms with Gasteiger partial charge < -0.3 is 24.3 Å². The highest BCUT2D eigenvalue weighted by Crippen LogP contribution is 2.46. The number of likely N-dealkylation sites (tertiary alicyclic amines) is 2. The molecule has 1 unspecified atom stereocenters. The van der Waals surface area contributed by atoms with Gasteiger partial charge in [-0.25, -0.2) is 4.79 Å². The molecule has 3 aliphatic rings. The number of carbonyl (C=O) groups is 2. The monoisotopic (exact) mass is 437 g/mol. The number of benzene rings is 1. The summed E-state index contributed by atoms with van der Waals surface area (Å²) in [6.45, 7) is 3.55. The molecular formula is C25H31N3O4. The van der Waals surface area contributed by atoms with Crippen molar-refractivity contribution in [2.24, 2.45) is 0 Å². The average molecular weight is 438 g/mol. The van der Waals surface area contributed by atoms with Crippen LogP contribution in [0.2, 0.25) is 0 Å². The Labute approximate surface area is 188 Å². The molecule has 7 nitrogen and oxygen atoms in total. The molecule has 0 radical (unpaired) electrons. The molecule has 7 heteroatoms. The molecule has 3 amide bonds. The van der Waals surface area contributed by atoms with Gasteiger partial charge in [0, 0.05) is 51.4 Å². The third kappa shape index (κ3) is 4.33. The van der Waals surface area contributed by atoms with E-state index in [1.54, 1.807) is 6.26 Å². The Morgan fingerprint density at radius 2 is 1.75 bits per heavy atom. The van der Waals surface area contributed by atoms with Gasteiger partial charge in [-0.1, -0.05) is 18.2 Å². The van der Waals surface area contributed by atoms with Gasteiger partial charge in [-0.05, 0) is 43.0 Å². The highest BCUT2D eigenvalue weighted by molar-refractivity contribution is 5.77. The zero-order chi connectivity index (χ0) is 22.0. The lowest BCUT2D eigenvalue weighted by atomic mass is 9.76.